The van der Waals surface area contributed by atoms with Crippen molar-refractivity contribution in [3.8, 4) is 5.88 Å². The number of rotatable bonds is 3. The summed E-state index contributed by atoms with van der Waals surface area (Å²) in [4.78, 5) is 0. The first-order chi connectivity index (χ1) is 8.52. The van der Waals surface area contributed by atoms with Gasteiger partial charge in [0.1, 0.15) is 17.7 Å². The summed E-state index contributed by atoms with van der Waals surface area (Å²) in [5, 5.41) is 14.0. The lowest BCUT2D eigenvalue weighted by molar-refractivity contribution is 0.209. The number of nitrogens with zero attached hydrogens (tertiary/aromatic N) is 2. The molecule has 0 fully saturated rings. The molecule has 96 valence electrons. The van der Waals surface area contributed by atoms with Crippen LogP contribution >= 0.6 is 0 Å². The number of hydrogen-bond acceptors (Lipinski definition) is 3. The van der Waals surface area contributed by atoms with Gasteiger partial charge in [0.25, 0.3) is 0 Å². The maximum absolute atomic E-state index is 13.5. The molecule has 4 nitrogen and oxygen atoms in total. The Labute approximate surface area is 102 Å². The predicted octanol–water partition coefficient (Wildman–Crippen LogP) is 1.79. The molecule has 0 aliphatic carbocycles. The molecule has 0 bridgehead atoms. The Bertz CT molecular complexity index is 569. The maximum Gasteiger partial charge on any atom is 0.211 e. The zero-order valence-corrected chi connectivity index (χ0v) is 9.89. The van der Waals surface area contributed by atoms with Crippen LogP contribution in [-0.4, -0.2) is 22.0 Å². The third kappa shape index (κ3) is 2.19. The summed E-state index contributed by atoms with van der Waals surface area (Å²) in [6.07, 6.45) is -1.26. The van der Waals surface area contributed by atoms with Crippen LogP contribution in [0.3, 0.4) is 0 Å². The van der Waals surface area contributed by atoms with Crippen LogP contribution in [0.1, 0.15) is 17.4 Å². The monoisotopic (exact) mass is 254 g/mol. The minimum Gasteiger partial charge on any atom is -0.481 e. The number of halogens is 2. The van der Waals surface area contributed by atoms with Gasteiger partial charge in [-0.3, -0.25) is 0 Å². The highest BCUT2D eigenvalue weighted by atomic mass is 19.1. The highest BCUT2D eigenvalue weighted by molar-refractivity contribution is 5.29. The van der Waals surface area contributed by atoms with Gasteiger partial charge in [-0.25, -0.2) is 13.5 Å². The maximum atomic E-state index is 13.5. The third-order valence-electron chi connectivity index (χ3n) is 2.60. The molecule has 1 unspecified atom stereocenters. The molecule has 1 aromatic carbocycles. The molecule has 1 heterocycles. The van der Waals surface area contributed by atoms with Crippen molar-refractivity contribution in [2.24, 2.45) is 7.05 Å². The molecule has 0 spiro atoms. The Hall–Kier alpha value is -1.95. The Balaban J connectivity index is 2.37. The van der Waals surface area contributed by atoms with E-state index < -0.39 is 17.7 Å². The van der Waals surface area contributed by atoms with Crippen molar-refractivity contribution >= 4 is 0 Å². The highest BCUT2D eigenvalue weighted by Crippen LogP contribution is 2.26. The molecule has 1 atom stereocenters. The lowest BCUT2D eigenvalue weighted by Gasteiger charge is -2.08. The number of ether oxygens (including phenoxy) is 1. The number of aliphatic hydroxyl groups excluding tert-OH is 1. The van der Waals surface area contributed by atoms with E-state index in [-0.39, 0.29) is 11.3 Å². The second-order valence-electron chi connectivity index (χ2n) is 3.80. The first kappa shape index (κ1) is 12.5. The van der Waals surface area contributed by atoms with Crippen LogP contribution in [0, 0.1) is 11.6 Å². The van der Waals surface area contributed by atoms with Gasteiger partial charge in [-0.15, -0.1) is 0 Å². The molecule has 0 saturated heterocycles. The van der Waals surface area contributed by atoms with Crippen molar-refractivity contribution in [2.45, 2.75) is 6.10 Å². The smallest absolute Gasteiger partial charge is 0.211 e. The zero-order chi connectivity index (χ0) is 13.3. The first-order valence-electron chi connectivity index (χ1n) is 5.24. The lowest BCUT2D eigenvalue weighted by atomic mass is 10.1. The molecule has 0 radical (unpaired) electrons. The van der Waals surface area contributed by atoms with Crippen LogP contribution in [0.25, 0.3) is 0 Å². The quantitative estimate of drug-likeness (QED) is 0.908. The fraction of sp³-hybridized carbons (Fsp3) is 0.250. The zero-order valence-electron chi connectivity index (χ0n) is 9.89. The van der Waals surface area contributed by atoms with Gasteiger partial charge < -0.3 is 9.84 Å². The predicted molar refractivity (Wildman–Crippen MR) is 60.2 cm³/mol. The fourth-order valence-electron chi connectivity index (χ4n) is 1.68. The number of benzene rings is 1. The van der Waals surface area contributed by atoms with E-state index in [0.717, 1.165) is 12.1 Å². The molecule has 2 rings (SSSR count). The van der Waals surface area contributed by atoms with Crippen LogP contribution in [0.4, 0.5) is 8.78 Å². The van der Waals surface area contributed by atoms with E-state index in [1.165, 1.54) is 23.9 Å². The third-order valence-corrected chi connectivity index (χ3v) is 2.60. The average Bonchev–Trinajstić information content (AvgIpc) is 2.70. The summed E-state index contributed by atoms with van der Waals surface area (Å²) in [5.74, 6) is -1.07. The summed E-state index contributed by atoms with van der Waals surface area (Å²) in [6, 6.07) is 4.49. The Kier molecular flexibility index (Phi) is 3.29. The molecule has 2 aromatic rings. The standard InChI is InChI=1S/C12H12F2N2O2/c1-16-11(18-2)6-10(15-16)12(17)8-4-3-7(13)5-9(8)14/h3-6,12,17H,1-2H3. The molecule has 0 aliphatic rings. The average molecular weight is 254 g/mol. The Morgan fingerprint density at radius 2 is 2.06 bits per heavy atom. The van der Waals surface area contributed by atoms with Crippen molar-refractivity contribution in [1.29, 1.82) is 0 Å². The second-order valence-corrected chi connectivity index (χ2v) is 3.80. The molecule has 1 aromatic heterocycles. The molecular weight excluding hydrogens is 242 g/mol. The number of aryl methyl sites for hydroxylation is 1. The number of methoxy groups -OCH3 is 1. The fourth-order valence-corrected chi connectivity index (χ4v) is 1.68. The van der Waals surface area contributed by atoms with Gasteiger partial charge in [0.15, 0.2) is 0 Å². The normalized spacial score (nSPS) is 12.5. The van der Waals surface area contributed by atoms with Crippen molar-refractivity contribution in [3.05, 3.63) is 47.2 Å². The van der Waals surface area contributed by atoms with E-state index in [9.17, 15) is 13.9 Å². The van der Waals surface area contributed by atoms with E-state index in [1.807, 2.05) is 0 Å². The van der Waals surface area contributed by atoms with Crippen LogP contribution < -0.4 is 4.74 Å². The van der Waals surface area contributed by atoms with Crippen LogP contribution in [-0.2, 0) is 7.05 Å². The lowest BCUT2D eigenvalue weighted by Crippen LogP contribution is -2.04. The summed E-state index contributed by atoms with van der Waals surface area (Å²) >= 11 is 0. The van der Waals surface area contributed by atoms with E-state index in [2.05, 4.69) is 5.10 Å². The first-order valence-corrected chi connectivity index (χ1v) is 5.24. The van der Waals surface area contributed by atoms with Gasteiger partial charge >= 0.3 is 0 Å². The molecule has 0 saturated carbocycles. The molecule has 1 N–H and O–H groups in total. The minimum absolute atomic E-state index is 0.0304. The molecule has 0 aliphatic heterocycles. The number of aromatic nitrogens is 2. The minimum atomic E-state index is -1.26. The summed E-state index contributed by atoms with van der Waals surface area (Å²) in [6.45, 7) is 0. The van der Waals surface area contributed by atoms with Gasteiger partial charge in [0.05, 0.1) is 12.8 Å². The summed E-state index contributed by atoms with van der Waals surface area (Å²) in [5.41, 5.74) is 0.206. The van der Waals surface area contributed by atoms with Crippen LogP contribution in [0.15, 0.2) is 24.3 Å². The SMILES string of the molecule is COc1cc(C(O)c2ccc(F)cc2F)nn1C. The number of hydrogen-bond donors (Lipinski definition) is 1. The highest BCUT2D eigenvalue weighted by Gasteiger charge is 2.19. The van der Waals surface area contributed by atoms with E-state index in [1.54, 1.807) is 7.05 Å². The van der Waals surface area contributed by atoms with E-state index >= 15 is 0 Å². The molecule has 18 heavy (non-hydrogen) atoms. The van der Waals surface area contributed by atoms with Crippen molar-refractivity contribution in [1.82, 2.24) is 9.78 Å². The van der Waals surface area contributed by atoms with Crippen LogP contribution in [0.5, 0.6) is 5.88 Å². The van der Waals surface area contributed by atoms with E-state index in [4.69, 9.17) is 4.74 Å². The van der Waals surface area contributed by atoms with Crippen molar-refractivity contribution < 1.29 is 18.6 Å². The van der Waals surface area contributed by atoms with Gasteiger partial charge in [-0.2, -0.15) is 5.10 Å². The van der Waals surface area contributed by atoms with Gasteiger partial charge in [-0.1, -0.05) is 6.07 Å². The Morgan fingerprint density at radius 1 is 1.33 bits per heavy atom. The topological polar surface area (TPSA) is 47.3 Å². The van der Waals surface area contributed by atoms with E-state index in [0.29, 0.717) is 5.88 Å². The van der Waals surface area contributed by atoms with Crippen molar-refractivity contribution in [2.75, 3.05) is 7.11 Å². The van der Waals surface area contributed by atoms with Crippen molar-refractivity contribution in [3.63, 3.8) is 0 Å². The Morgan fingerprint density at radius 3 is 2.61 bits per heavy atom. The molecule has 6 heteroatoms. The largest absolute Gasteiger partial charge is 0.481 e. The molecule has 0 amide bonds. The van der Waals surface area contributed by atoms with Gasteiger partial charge in [0, 0.05) is 24.7 Å². The molecular formula is C12H12F2N2O2. The number of aliphatic hydroxyl groups is 1. The van der Waals surface area contributed by atoms with Gasteiger partial charge in [0.2, 0.25) is 5.88 Å². The summed E-state index contributed by atoms with van der Waals surface area (Å²) in [7, 11) is 3.10. The van der Waals surface area contributed by atoms with Crippen LogP contribution in [0.2, 0.25) is 0 Å². The van der Waals surface area contributed by atoms with Gasteiger partial charge in [-0.05, 0) is 6.07 Å². The summed E-state index contributed by atoms with van der Waals surface area (Å²) < 4.78 is 32.7. The second kappa shape index (κ2) is 4.73.